The minimum Gasteiger partial charge on any atom is -0.366 e. The molecule has 0 aliphatic rings. The van der Waals surface area contributed by atoms with Crippen LogP contribution in [0.5, 0.6) is 5.88 Å². The SMILES string of the molecule is O=[N+]([O-])c1nc(OC(F)(F)F)c(I)cc1C(F)(F)F. The molecule has 19 heavy (non-hydrogen) atoms. The Morgan fingerprint density at radius 2 is 1.79 bits per heavy atom. The monoisotopic (exact) mass is 402 g/mol. The predicted octanol–water partition coefficient (Wildman–Crippen LogP) is 3.51. The summed E-state index contributed by atoms with van der Waals surface area (Å²) in [4.78, 5) is 11.5. The molecule has 0 spiro atoms. The average Bonchev–Trinajstić information content (AvgIpc) is 2.16. The van der Waals surface area contributed by atoms with Crippen molar-refractivity contribution in [2.24, 2.45) is 0 Å². The Balaban J connectivity index is 3.42. The van der Waals surface area contributed by atoms with Gasteiger partial charge in [-0.25, -0.2) is 0 Å². The van der Waals surface area contributed by atoms with Gasteiger partial charge in [-0.2, -0.15) is 13.2 Å². The van der Waals surface area contributed by atoms with E-state index >= 15 is 0 Å². The Morgan fingerprint density at radius 1 is 1.26 bits per heavy atom. The first-order valence-electron chi connectivity index (χ1n) is 4.09. The van der Waals surface area contributed by atoms with Crippen molar-refractivity contribution < 1.29 is 36.0 Å². The van der Waals surface area contributed by atoms with Crippen LogP contribution in [0.2, 0.25) is 0 Å². The average molecular weight is 402 g/mol. The molecule has 1 rings (SSSR count). The van der Waals surface area contributed by atoms with Gasteiger partial charge in [0.1, 0.15) is 3.57 Å². The maximum absolute atomic E-state index is 12.4. The number of alkyl halides is 6. The van der Waals surface area contributed by atoms with Crippen LogP contribution in [0.1, 0.15) is 5.56 Å². The summed E-state index contributed by atoms with van der Waals surface area (Å²) in [6, 6.07) is 0.159. The fourth-order valence-electron chi connectivity index (χ4n) is 0.992. The van der Waals surface area contributed by atoms with Gasteiger partial charge < -0.3 is 14.9 Å². The number of aromatic nitrogens is 1. The molecule has 0 atom stereocenters. The van der Waals surface area contributed by atoms with E-state index in [9.17, 15) is 36.5 Å². The maximum atomic E-state index is 12.4. The van der Waals surface area contributed by atoms with Crippen LogP contribution in [0.4, 0.5) is 32.2 Å². The van der Waals surface area contributed by atoms with Crippen molar-refractivity contribution in [3.63, 3.8) is 0 Å². The zero-order valence-electron chi connectivity index (χ0n) is 8.34. The molecule has 5 nitrogen and oxygen atoms in total. The van der Waals surface area contributed by atoms with E-state index < -0.39 is 38.3 Å². The Hall–Kier alpha value is -1.34. The third-order valence-corrected chi connectivity index (χ3v) is 2.39. The predicted molar refractivity (Wildman–Crippen MR) is 55.3 cm³/mol. The van der Waals surface area contributed by atoms with Gasteiger partial charge in [0.25, 0.3) is 0 Å². The third kappa shape index (κ3) is 4.07. The standard InChI is InChI=1S/C7HF6IN2O3/c8-6(9,10)2-1-3(14)5(19-7(11,12)13)15-4(2)16(17)18/h1H. The highest BCUT2D eigenvalue weighted by molar-refractivity contribution is 14.1. The van der Waals surface area contributed by atoms with Crippen LogP contribution in [0.25, 0.3) is 0 Å². The summed E-state index contributed by atoms with van der Waals surface area (Å²) in [6.07, 6.45) is -10.3. The highest BCUT2D eigenvalue weighted by Crippen LogP contribution is 2.38. The van der Waals surface area contributed by atoms with Crippen LogP contribution in [0.3, 0.4) is 0 Å². The van der Waals surface area contributed by atoms with E-state index in [4.69, 9.17) is 0 Å². The third-order valence-electron chi connectivity index (χ3n) is 1.61. The molecule has 1 heterocycles. The number of hydrogen-bond acceptors (Lipinski definition) is 4. The van der Waals surface area contributed by atoms with Gasteiger partial charge in [-0.05, 0) is 33.6 Å². The van der Waals surface area contributed by atoms with E-state index in [1.807, 2.05) is 0 Å². The Kier molecular flexibility index (Phi) is 4.11. The first-order chi connectivity index (χ1) is 8.42. The topological polar surface area (TPSA) is 65.3 Å². The van der Waals surface area contributed by atoms with Crippen molar-refractivity contribution in [2.75, 3.05) is 0 Å². The Bertz CT molecular complexity index is 515. The van der Waals surface area contributed by atoms with Gasteiger partial charge in [0.05, 0.1) is 0 Å². The normalized spacial score (nSPS) is 12.4. The van der Waals surface area contributed by atoms with Crippen molar-refractivity contribution in [2.45, 2.75) is 12.5 Å². The van der Waals surface area contributed by atoms with Gasteiger partial charge in [-0.1, -0.05) is 0 Å². The first-order valence-corrected chi connectivity index (χ1v) is 5.17. The molecule has 0 N–H and O–H groups in total. The molecule has 0 saturated heterocycles. The van der Waals surface area contributed by atoms with E-state index in [2.05, 4.69) is 9.72 Å². The number of rotatable bonds is 2. The van der Waals surface area contributed by atoms with Gasteiger partial charge in [0.2, 0.25) is 0 Å². The van der Waals surface area contributed by atoms with Crippen LogP contribution in [-0.2, 0) is 6.18 Å². The van der Waals surface area contributed by atoms with Crippen LogP contribution < -0.4 is 4.74 Å². The lowest BCUT2D eigenvalue weighted by molar-refractivity contribution is -0.393. The summed E-state index contributed by atoms with van der Waals surface area (Å²) in [5.41, 5.74) is -1.75. The van der Waals surface area contributed by atoms with Crippen molar-refractivity contribution >= 4 is 28.4 Å². The molecule has 0 aliphatic carbocycles. The first kappa shape index (κ1) is 15.7. The smallest absolute Gasteiger partial charge is 0.366 e. The highest BCUT2D eigenvalue weighted by atomic mass is 127. The Labute approximate surface area is 113 Å². The number of ether oxygens (including phenoxy) is 1. The van der Waals surface area contributed by atoms with E-state index in [1.54, 1.807) is 0 Å². The molecule has 0 radical (unpaired) electrons. The molecule has 0 bridgehead atoms. The van der Waals surface area contributed by atoms with Gasteiger partial charge in [-0.3, -0.25) is 0 Å². The zero-order valence-corrected chi connectivity index (χ0v) is 10.5. The summed E-state index contributed by atoms with van der Waals surface area (Å²) in [5.74, 6) is -3.07. The molecule has 0 aromatic carbocycles. The van der Waals surface area contributed by atoms with Crippen molar-refractivity contribution in [1.29, 1.82) is 0 Å². The second kappa shape index (κ2) is 4.97. The van der Waals surface area contributed by atoms with Crippen LogP contribution in [-0.4, -0.2) is 16.3 Å². The summed E-state index contributed by atoms with van der Waals surface area (Å²) in [7, 11) is 0. The number of nitrogens with zero attached hydrogens (tertiary/aromatic N) is 2. The molecule has 1 aromatic heterocycles. The zero-order chi connectivity index (χ0) is 15.0. The summed E-state index contributed by atoms with van der Waals surface area (Å²) in [5, 5.41) is 10.4. The number of halogens is 7. The van der Waals surface area contributed by atoms with Crippen LogP contribution >= 0.6 is 22.6 Å². The molecule has 0 amide bonds. The highest BCUT2D eigenvalue weighted by Gasteiger charge is 2.43. The molecule has 0 fully saturated rings. The van der Waals surface area contributed by atoms with Crippen LogP contribution in [0, 0.1) is 13.7 Å². The summed E-state index contributed by atoms with van der Waals surface area (Å²) < 4.78 is 75.8. The molecule has 1 aromatic rings. The van der Waals surface area contributed by atoms with Gasteiger partial charge in [-0.15, -0.1) is 13.2 Å². The second-order valence-corrected chi connectivity index (χ2v) is 4.11. The van der Waals surface area contributed by atoms with Crippen molar-refractivity contribution in [3.05, 3.63) is 25.3 Å². The maximum Gasteiger partial charge on any atom is 0.575 e. The molecule has 0 saturated carbocycles. The minimum atomic E-state index is -5.22. The lowest BCUT2D eigenvalue weighted by Crippen LogP contribution is -2.20. The number of hydrogen-bond donors (Lipinski definition) is 0. The van der Waals surface area contributed by atoms with Crippen molar-refractivity contribution in [1.82, 2.24) is 4.98 Å². The molecule has 106 valence electrons. The fourth-order valence-corrected chi connectivity index (χ4v) is 1.53. The molecular formula is C7HF6IN2O3. The molecule has 12 heteroatoms. The van der Waals surface area contributed by atoms with E-state index in [0.29, 0.717) is 0 Å². The number of pyridine rings is 1. The molecular weight excluding hydrogens is 401 g/mol. The summed E-state index contributed by atoms with van der Waals surface area (Å²) >= 11 is 1.10. The van der Waals surface area contributed by atoms with Gasteiger partial charge in [0, 0.05) is 4.98 Å². The molecule has 0 aliphatic heterocycles. The van der Waals surface area contributed by atoms with E-state index in [1.165, 1.54) is 0 Å². The summed E-state index contributed by atoms with van der Waals surface area (Å²) in [6.45, 7) is 0. The van der Waals surface area contributed by atoms with E-state index in [-0.39, 0.29) is 6.07 Å². The fraction of sp³-hybridized carbons (Fsp3) is 0.286. The second-order valence-electron chi connectivity index (χ2n) is 2.95. The van der Waals surface area contributed by atoms with E-state index in [0.717, 1.165) is 22.6 Å². The van der Waals surface area contributed by atoms with Gasteiger partial charge in [0.15, 0.2) is 5.56 Å². The van der Waals surface area contributed by atoms with Crippen molar-refractivity contribution in [3.8, 4) is 5.88 Å². The minimum absolute atomic E-state index is 0.159. The number of nitro groups is 1. The largest absolute Gasteiger partial charge is 0.575 e. The molecule has 0 unspecified atom stereocenters. The quantitative estimate of drug-likeness (QED) is 0.329. The lowest BCUT2D eigenvalue weighted by atomic mass is 10.2. The Morgan fingerprint density at radius 3 is 2.16 bits per heavy atom. The lowest BCUT2D eigenvalue weighted by Gasteiger charge is -2.10. The van der Waals surface area contributed by atoms with Crippen LogP contribution in [0.15, 0.2) is 6.07 Å². The van der Waals surface area contributed by atoms with Gasteiger partial charge >= 0.3 is 24.2 Å².